The molecule has 28 heavy (non-hydrogen) atoms. The van der Waals surface area contributed by atoms with Gasteiger partial charge in [0, 0.05) is 17.5 Å². The normalized spacial score (nSPS) is 12.8. The molecule has 0 saturated heterocycles. The summed E-state index contributed by atoms with van der Waals surface area (Å²) in [6, 6.07) is 4.33. The Labute approximate surface area is 166 Å². The van der Waals surface area contributed by atoms with Gasteiger partial charge in [0.1, 0.15) is 10.8 Å². The zero-order chi connectivity index (χ0) is 20.3. The molecule has 0 saturated carbocycles. The molecule has 148 valence electrons. The van der Waals surface area contributed by atoms with E-state index in [-0.39, 0.29) is 11.6 Å². The fraction of sp³-hybridized carbons (Fsp3) is 0.350. The second-order valence-corrected chi connectivity index (χ2v) is 7.79. The van der Waals surface area contributed by atoms with Crippen LogP contribution in [0.15, 0.2) is 18.2 Å². The summed E-state index contributed by atoms with van der Waals surface area (Å²) in [5.41, 5.74) is 1.99. The molecule has 0 bridgehead atoms. The maximum atomic E-state index is 13.6. The van der Waals surface area contributed by atoms with Crippen LogP contribution in [0.25, 0.3) is 0 Å². The summed E-state index contributed by atoms with van der Waals surface area (Å²) in [6.07, 6.45) is 3.60. The van der Waals surface area contributed by atoms with Gasteiger partial charge in [-0.05, 0) is 55.9 Å². The lowest BCUT2D eigenvalue weighted by Gasteiger charge is -2.13. The van der Waals surface area contributed by atoms with Crippen molar-refractivity contribution in [3.05, 3.63) is 45.6 Å². The predicted octanol–water partition coefficient (Wildman–Crippen LogP) is 3.83. The molecular weight excluding hydrogens is 383 g/mol. The quantitative estimate of drug-likeness (QED) is 0.742. The van der Waals surface area contributed by atoms with Crippen LogP contribution in [0.4, 0.5) is 15.1 Å². The minimum atomic E-state index is -0.645. The van der Waals surface area contributed by atoms with Gasteiger partial charge in [-0.15, -0.1) is 11.3 Å². The summed E-state index contributed by atoms with van der Waals surface area (Å²) in [5, 5.41) is 5.65. The summed E-state index contributed by atoms with van der Waals surface area (Å²) < 4.78 is 18.7. The van der Waals surface area contributed by atoms with Gasteiger partial charge in [0.05, 0.1) is 5.56 Å². The molecule has 0 fully saturated rings. The number of ether oxygens (including phenoxy) is 1. The van der Waals surface area contributed by atoms with Crippen molar-refractivity contribution in [1.82, 2.24) is 0 Å². The standard InChI is InChI=1S/C20H21FN2O4S/c1-11-7-8-13(9-15(11)21)23-17(25)10-27-20(26)18-14-5-3-4-6-16(14)28-19(18)22-12(2)24/h7-9H,3-6,10H2,1-2H3,(H,22,24)(H,23,25). The van der Waals surface area contributed by atoms with E-state index in [1.807, 2.05) is 0 Å². The lowest BCUT2D eigenvalue weighted by atomic mass is 9.95. The molecule has 1 aliphatic rings. The number of benzene rings is 1. The van der Waals surface area contributed by atoms with Crippen LogP contribution in [0.1, 0.15) is 46.1 Å². The van der Waals surface area contributed by atoms with Crippen molar-refractivity contribution in [2.24, 2.45) is 0 Å². The number of anilines is 2. The van der Waals surface area contributed by atoms with Crippen LogP contribution in [0.2, 0.25) is 0 Å². The molecule has 2 aromatic rings. The smallest absolute Gasteiger partial charge is 0.341 e. The first kappa shape index (κ1) is 20.0. The van der Waals surface area contributed by atoms with Crippen LogP contribution >= 0.6 is 11.3 Å². The zero-order valence-electron chi connectivity index (χ0n) is 15.7. The topological polar surface area (TPSA) is 84.5 Å². The van der Waals surface area contributed by atoms with Crippen LogP contribution < -0.4 is 10.6 Å². The number of carbonyl (C=O) groups is 3. The summed E-state index contributed by atoms with van der Waals surface area (Å²) in [7, 11) is 0. The third-order valence-electron chi connectivity index (χ3n) is 4.45. The minimum absolute atomic E-state index is 0.271. The van der Waals surface area contributed by atoms with E-state index in [1.165, 1.54) is 24.3 Å². The summed E-state index contributed by atoms with van der Waals surface area (Å²) in [6.45, 7) is 2.50. The van der Waals surface area contributed by atoms with Crippen molar-refractivity contribution < 1.29 is 23.5 Å². The monoisotopic (exact) mass is 404 g/mol. The molecule has 1 heterocycles. The molecule has 0 radical (unpaired) electrons. The van der Waals surface area contributed by atoms with Crippen molar-refractivity contribution in [2.75, 3.05) is 17.2 Å². The average Bonchev–Trinajstić information content (AvgIpc) is 3.00. The first-order valence-electron chi connectivity index (χ1n) is 9.00. The van der Waals surface area contributed by atoms with Crippen LogP contribution in [-0.4, -0.2) is 24.4 Å². The highest BCUT2D eigenvalue weighted by Crippen LogP contribution is 2.38. The molecule has 2 N–H and O–H groups in total. The average molecular weight is 404 g/mol. The third-order valence-corrected chi connectivity index (χ3v) is 5.66. The number of rotatable bonds is 5. The second-order valence-electron chi connectivity index (χ2n) is 6.68. The molecule has 1 aromatic carbocycles. The van der Waals surface area contributed by atoms with Crippen LogP contribution in [0.5, 0.6) is 0 Å². The largest absolute Gasteiger partial charge is 0.452 e. The fourth-order valence-corrected chi connectivity index (χ4v) is 4.42. The Morgan fingerprint density at radius 2 is 1.93 bits per heavy atom. The Bertz CT molecular complexity index is 939. The van der Waals surface area contributed by atoms with Crippen molar-refractivity contribution >= 4 is 39.8 Å². The number of thiophene rings is 1. The van der Waals surface area contributed by atoms with Gasteiger partial charge in [-0.3, -0.25) is 9.59 Å². The summed E-state index contributed by atoms with van der Waals surface area (Å²) >= 11 is 1.38. The summed E-state index contributed by atoms with van der Waals surface area (Å²) in [4.78, 5) is 37.2. The molecule has 1 aromatic heterocycles. The maximum Gasteiger partial charge on any atom is 0.341 e. The highest BCUT2D eigenvalue weighted by atomic mass is 32.1. The zero-order valence-corrected chi connectivity index (χ0v) is 16.5. The first-order chi connectivity index (χ1) is 13.3. The molecule has 0 aliphatic heterocycles. The number of hydrogen-bond acceptors (Lipinski definition) is 5. The lowest BCUT2D eigenvalue weighted by Crippen LogP contribution is -2.22. The van der Waals surface area contributed by atoms with Crippen molar-refractivity contribution in [1.29, 1.82) is 0 Å². The lowest BCUT2D eigenvalue weighted by molar-refractivity contribution is -0.119. The number of halogens is 1. The Morgan fingerprint density at radius 3 is 2.64 bits per heavy atom. The molecular formula is C20H21FN2O4S. The third kappa shape index (κ3) is 4.56. The molecule has 0 atom stereocenters. The molecule has 6 nitrogen and oxygen atoms in total. The first-order valence-corrected chi connectivity index (χ1v) is 9.82. The van der Waals surface area contributed by atoms with E-state index in [0.29, 0.717) is 16.1 Å². The van der Waals surface area contributed by atoms with Gasteiger partial charge in [-0.1, -0.05) is 6.07 Å². The van der Waals surface area contributed by atoms with Crippen LogP contribution in [-0.2, 0) is 27.2 Å². The fourth-order valence-electron chi connectivity index (χ4n) is 3.10. The van der Waals surface area contributed by atoms with Crippen LogP contribution in [0, 0.1) is 12.7 Å². The van der Waals surface area contributed by atoms with E-state index in [1.54, 1.807) is 19.1 Å². The van der Waals surface area contributed by atoms with E-state index in [0.717, 1.165) is 36.1 Å². The van der Waals surface area contributed by atoms with E-state index in [4.69, 9.17) is 4.74 Å². The summed E-state index contributed by atoms with van der Waals surface area (Å²) in [5.74, 6) is -1.92. The Hall–Kier alpha value is -2.74. The van der Waals surface area contributed by atoms with Gasteiger partial charge >= 0.3 is 5.97 Å². The van der Waals surface area contributed by atoms with Crippen molar-refractivity contribution in [3.8, 4) is 0 Å². The number of fused-ring (bicyclic) bond motifs is 1. The number of aryl methyl sites for hydroxylation is 2. The Morgan fingerprint density at radius 1 is 1.18 bits per heavy atom. The predicted molar refractivity (Wildman–Crippen MR) is 105 cm³/mol. The van der Waals surface area contributed by atoms with Gasteiger partial charge in [0.25, 0.3) is 5.91 Å². The SMILES string of the molecule is CC(=O)Nc1sc2c(c1C(=O)OCC(=O)Nc1ccc(C)c(F)c1)CCCC2. The number of esters is 1. The van der Waals surface area contributed by atoms with Gasteiger partial charge < -0.3 is 15.4 Å². The molecule has 3 rings (SSSR count). The van der Waals surface area contributed by atoms with Gasteiger partial charge in [-0.25, -0.2) is 9.18 Å². The van der Waals surface area contributed by atoms with E-state index in [9.17, 15) is 18.8 Å². The van der Waals surface area contributed by atoms with Crippen LogP contribution in [0.3, 0.4) is 0 Å². The van der Waals surface area contributed by atoms with Gasteiger partial charge in [-0.2, -0.15) is 0 Å². The van der Waals surface area contributed by atoms with Crippen molar-refractivity contribution in [3.63, 3.8) is 0 Å². The van der Waals surface area contributed by atoms with Gasteiger partial charge in [0.15, 0.2) is 6.61 Å². The molecule has 1 aliphatic carbocycles. The second kappa shape index (κ2) is 8.52. The van der Waals surface area contributed by atoms with E-state index < -0.39 is 24.3 Å². The van der Waals surface area contributed by atoms with Gasteiger partial charge in [0.2, 0.25) is 5.91 Å². The van der Waals surface area contributed by atoms with E-state index in [2.05, 4.69) is 10.6 Å². The molecule has 0 unspecified atom stereocenters. The molecule has 8 heteroatoms. The number of hydrogen-bond donors (Lipinski definition) is 2. The molecule has 0 spiro atoms. The molecule has 2 amide bonds. The van der Waals surface area contributed by atoms with Crippen molar-refractivity contribution in [2.45, 2.75) is 39.5 Å². The minimum Gasteiger partial charge on any atom is -0.452 e. The van der Waals surface area contributed by atoms with E-state index >= 15 is 0 Å². The highest BCUT2D eigenvalue weighted by molar-refractivity contribution is 7.17. The Balaban J connectivity index is 1.68. The number of amides is 2. The highest BCUT2D eigenvalue weighted by Gasteiger charge is 2.27. The number of nitrogens with one attached hydrogen (secondary N) is 2. The maximum absolute atomic E-state index is 13.6. The Kier molecular flexibility index (Phi) is 6.08. The number of carbonyl (C=O) groups excluding carboxylic acids is 3.